The maximum atomic E-state index is 12.8. The molecule has 126 valence electrons. The molecule has 1 aromatic carbocycles. The first-order chi connectivity index (χ1) is 11.5. The molecule has 8 heteroatoms. The van der Waals surface area contributed by atoms with Gasteiger partial charge in [-0.2, -0.15) is 4.98 Å². The molecule has 3 aromatic rings. The van der Waals surface area contributed by atoms with Crippen molar-refractivity contribution in [3.05, 3.63) is 58.4 Å². The van der Waals surface area contributed by atoms with Gasteiger partial charge in [0.15, 0.2) is 6.61 Å². The van der Waals surface area contributed by atoms with Crippen molar-refractivity contribution >= 4 is 11.3 Å². The molecule has 0 aliphatic heterocycles. The number of nitrogens with one attached hydrogen (secondary N) is 1. The van der Waals surface area contributed by atoms with Crippen molar-refractivity contribution in [3.8, 4) is 5.75 Å². The van der Waals surface area contributed by atoms with Crippen molar-refractivity contribution in [2.75, 3.05) is 0 Å². The van der Waals surface area contributed by atoms with Crippen LogP contribution in [0.15, 0.2) is 40.4 Å². The normalized spacial score (nSPS) is 11.6. The molecule has 0 bridgehead atoms. The second kappa shape index (κ2) is 7.06. The van der Waals surface area contributed by atoms with Gasteiger partial charge in [-0.1, -0.05) is 5.16 Å². The van der Waals surface area contributed by atoms with Crippen LogP contribution in [0.5, 0.6) is 5.75 Å². The van der Waals surface area contributed by atoms with Gasteiger partial charge < -0.3 is 9.26 Å². The van der Waals surface area contributed by atoms with Crippen LogP contribution in [0.2, 0.25) is 0 Å². The third-order valence-corrected chi connectivity index (χ3v) is 4.44. The van der Waals surface area contributed by atoms with E-state index in [4.69, 9.17) is 9.26 Å². The molecule has 2 aromatic heterocycles. The van der Waals surface area contributed by atoms with Gasteiger partial charge in [-0.15, -0.1) is 11.3 Å². The highest BCUT2D eigenvalue weighted by Gasteiger charge is 2.23. The number of halogens is 1. The Balaban J connectivity index is 1.53. The fraction of sp³-hybridized carbons (Fsp3) is 0.312. The van der Waals surface area contributed by atoms with Crippen LogP contribution in [0.4, 0.5) is 4.39 Å². The fourth-order valence-electron chi connectivity index (χ4n) is 2.00. The molecule has 1 N–H and O–H groups in total. The molecule has 0 atom stereocenters. The molecule has 0 unspecified atom stereocenters. The number of rotatable bonds is 7. The van der Waals surface area contributed by atoms with Crippen LogP contribution in [-0.4, -0.2) is 15.1 Å². The fourth-order valence-corrected chi connectivity index (χ4v) is 2.74. The quantitative estimate of drug-likeness (QED) is 0.706. The van der Waals surface area contributed by atoms with E-state index in [9.17, 15) is 4.39 Å². The predicted molar refractivity (Wildman–Crippen MR) is 87.0 cm³/mol. The molecular formula is C16H17FN4O2S. The van der Waals surface area contributed by atoms with Crippen molar-refractivity contribution in [1.82, 2.24) is 20.4 Å². The maximum absolute atomic E-state index is 12.8. The molecule has 2 heterocycles. The summed E-state index contributed by atoms with van der Waals surface area (Å²) in [5.41, 5.74) is -0.284. The molecule has 3 rings (SSSR count). The van der Waals surface area contributed by atoms with Crippen LogP contribution < -0.4 is 10.1 Å². The Bertz CT molecular complexity index is 772. The molecule has 6 nitrogen and oxygen atoms in total. The van der Waals surface area contributed by atoms with Gasteiger partial charge in [0.1, 0.15) is 16.6 Å². The molecule has 0 saturated heterocycles. The molecular weight excluding hydrogens is 331 g/mol. The zero-order chi connectivity index (χ0) is 17.0. The van der Waals surface area contributed by atoms with E-state index in [0.717, 1.165) is 5.01 Å². The van der Waals surface area contributed by atoms with Crippen LogP contribution in [-0.2, 0) is 18.7 Å². The number of nitrogens with zero attached hydrogens (tertiary/aromatic N) is 3. The van der Waals surface area contributed by atoms with Crippen LogP contribution >= 0.6 is 11.3 Å². The lowest BCUT2D eigenvalue weighted by Gasteiger charge is -2.22. The first-order valence-electron chi connectivity index (χ1n) is 7.38. The molecule has 0 aliphatic carbocycles. The second-order valence-corrected chi connectivity index (χ2v) is 6.56. The van der Waals surface area contributed by atoms with Crippen molar-refractivity contribution in [3.63, 3.8) is 0 Å². The van der Waals surface area contributed by atoms with Gasteiger partial charge in [-0.25, -0.2) is 9.37 Å². The van der Waals surface area contributed by atoms with Crippen molar-refractivity contribution in [2.45, 2.75) is 32.5 Å². The van der Waals surface area contributed by atoms with E-state index in [1.807, 2.05) is 19.2 Å². The molecule has 0 spiro atoms. The average molecular weight is 348 g/mol. The third kappa shape index (κ3) is 4.15. The van der Waals surface area contributed by atoms with E-state index >= 15 is 0 Å². The summed E-state index contributed by atoms with van der Waals surface area (Å²) in [6.45, 7) is 4.67. The van der Waals surface area contributed by atoms with Gasteiger partial charge in [0, 0.05) is 11.6 Å². The largest absolute Gasteiger partial charge is 0.485 e. The Morgan fingerprint density at radius 2 is 2.08 bits per heavy atom. The zero-order valence-electron chi connectivity index (χ0n) is 13.3. The topological polar surface area (TPSA) is 73.1 Å². The van der Waals surface area contributed by atoms with Gasteiger partial charge in [0.25, 0.3) is 0 Å². The van der Waals surface area contributed by atoms with E-state index < -0.39 is 0 Å². The molecule has 0 saturated carbocycles. The van der Waals surface area contributed by atoms with Crippen LogP contribution in [0.25, 0.3) is 0 Å². The van der Waals surface area contributed by atoms with Crippen LogP contribution in [0.3, 0.4) is 0 Å². The van der Waals surface area contributed by atoms with Gasteiger partial charge in [-0.3, -0.25) is 5.32 Å². The summed E-state index contributed by atoms with van der Waals surface area (Å²) >= 11 is 1.59. The van der Waals surface area contributed by atoms with Crippen molar-refractivity contribution in [2.24, 2.45) is 0 Å². The SMILES string of the molecule is CC(C)(NCc1nc(COc2ccc(F)cc2)no1)c1nccs1. The lowest BCUT2D eigenvalue weighted by molar-refractivity contribution is 0.282. The molecule has 24 heavy (non-hydrogen) atoms. The van der Waals surface area contributed by atoms with E-state index in [0.29, 0.717) is 24.0 Å². The molecule has 0 aliphatic rings. The summed E-state index contributed by atoms with van der Waals surface area (Å²) in [4.78, 5) is 8.59. The van der Waals surface area contributed by atoms with Crippen LogP contribution in [0.1, 0.15) is 30.6 Å². The van der Waals surface area contributed by atoms with Crippen molar-refractivity contribution < 1.29 is 13.7 Å². The lowest BCUT2D eigenvalue weighted by atomic mass is 10.1. The Morgan fingerprint density at radius 1 is 1.29 bits per heavy atom. The summed E-state index contributed by atoms with van der Waals surface area (Å²) in [5, 5.41) is 10.1. The highest BCUT2D eigenvalue weighted by Crippen LogP contribution is 2.22. The average Bonchev–Trinajstić information content (AvgIpc) is 3.25. The van der Waals surface area contributed by atoms with E-state index in [2.05, 4.69) is 20.4 Å². The minimum absolute atomic E-state index is 0.158. The molecule has 0 radical (unpaired) electrons. The lowest BCUT2D eigenvalue weighted by Crippen LogP contribution is -2.35. The Labute approximate surface area is 142 Å². The first kappa shape index (κ1) is 16.5. The minimum Gasteiger partial charge on any atom is -0.485 e. The number of thiazole rings is 1. The van der Waals surface area contributed by atoms with E-state index in [1.54, 1.807) is 29.7 Å². The zero-order valence-corrected chi connectivity index (χ0v) is 14.1. The number of benzene rings is 1. The smallest absolute Gasteiger partial charge is 0.240 e. The van der Waals surface area contributed by atoms with E-state index in [1.165, 1.54) is 12.1 Å². The van der Waals surface area contributed by atoms with Gasteiger partial charge in [0.2, 0.25) is 11.7 Å². The maximum Gasteiger partial charge on any atom is 0.240 e. The summed E-state index contributed by atoms with van der Waals surface area (Å²) in [6, 6.07) is 5.77. The Kier molecular flexibility index (Phi) is 4.86. The summed E-state index contributed by atoms with van der Waals surface area (Å²) in [7, 11) is 0. The van der Waals surface area contributed by atoms with Gasteiger partial charge >= 0.3 is 0 Å². The Morgan fingerprint density at radius 3 is 2.79 bits per heavy atom. The number of aromatic nitrogens is 3. The first-order valence-corrected chi connectivity index (χ1v) is 8.26. The highest BCUT2D eigenvalue weighted by atomic mass is 32.1. The predicted octanol–water partition coefficient (Wildman–Crippen LogP) is 3.27. The third-order valence-electron chi connectivity index (χ3n) is 3.34. The molecule has 0 fully saturated rings. The number of ether oxygens (including phenoxy) is 1. The van der Waals surface area contributed by atoms with Crippen LogP contribution in [0, 0.1) is 5.82 Å². The highest BCUT2D eigenvalue weighted by molar-refractivity contribution is 7.09. The van der Waals surface area contributed by atoms with Gasteiger partial charge in [-0.05, 0) is 38.1 Å². The number of hydrogen-bond acceptors (Lipinski definition) is 7. The Hall–Kier alpha value is -2.32. The van der Waals surface area contributed by atoms with E-state index in [-0.39, 0.29) is 18.0 Å². The number of hydrogen-bond donors (Lipinski definition) is 1. The minimum atomic E-state index is -0.307. The van der Waals surface area contributed by atoms with Gasteiger partial charge in [0.05, 0.1) is 12.1 Å². The summed E-state index contributed by atoms with van der Waals surface area (Å²) < 4.78 is 23.5. The summed E-state index contributed by atoms with van der Waals surface area (Å²) in [6.07, 6.45) is 1.78. The second-order valence-electron chi connectivity index (χ2n) is 5.66. The standard InChI is InChI=1S/C16H17FN4O2S/c1-16(2,15-18-7-8-24-15)19-9-14-20-13(21-23-14)10-22-12-5-3-11(17)4-6-12/h3-8,19H,9-10H2,1-2H3. The summed E-state index contributed by atoms with van der Waals surface area (Å²) in [5.74, 6) is 1.14. The monoisotopic (exact) mass is 348 g/mol. The van der Waals surface area contributed by atoms with Crippen molar-refractivity contribution in [1.29, 1.82) is 0 Å². The molecule has 0 amide bonds.